The molecule has 1 heterocycles. The summed E-state index contributed by atoms with van der Waals surface area (Å²) in [5.41, 5.74) is 2.96. The van der Waals surface area contributed by atoms with E-state index in [2.05, 4.69) is 16.5 Å². The summed E-state index contributed by atoms with van der Waals surface area (Å²) in [5.74, 6) is 1.40. The number of hydrogen-bond donors (Lipinski definition) is 1. The monoisotopic (exact) mass is 335 g/mol. The minimum atomic E-state index is -0.243. The topological polar surface area (TPSA) is 56.2 Å². The van der Waals surface area contributed by atoms with Crippen LogP contribution in [-0.4, -0.2) is 22.6 Å². The van der Waals surface area contributed by atoms with Crippen molar-refractivity contribution in [3.05, 3.63) is 72.6 Å². The van der Waals surface area contributed by atoms with E-state index in [4.69, 9.17) is 9.72 Å². The van der Waals surface area contributed by atoms with Crippen LogP contribution in [0, 0.1) is 0 Å². The van der Waals surface area contributed by atoms with E-state index in [9.17, 15) is 4.79 Å². The highest BCUT2D eigenvalue weighted by Crippen LogP contribution is 2.25. The third-order valence-electron chi connectivity index (χ3n) is 4.14. The second-order valence-electron chi connectivity index (χ2n) is 5.79. The first-order valence-electron chi connectivity index (χ1n) is 8.14. The van der Waals surface area contributed by atoms with Crippen molar-refractivity contribution in [2.75, 3.05) is 7.11 Å². The van der Waals surface area contributed by atoms with Crippen LogP contribution in [-0.2, 0) is 11.3 Å². The number of para-hydroxylation sites is 3. The second kappa shape index (κ2) is 7.21. The van der Waals surface area contributed by atoms with Crippen LogP contribution in [0.3, 0.4) is 0 Å². The molecule has 3 rings (SSSR count). The highest BCUT2D eigenvalue weighted by molar-refractivity contribution is 5.87. The second-order valence-corrected chi connectivity index (χ2v) is 5.79. The fraction of sp³-hybridized carbons (Fsp3) is 0.200. The Labute approximate surface area is 146 Å². The van der Waals surface area contributed by atoms with Crippen LogP contribution in [0.5, 0.6) is 5.75 Å². The molecule has 1 unspecified atom stereocenters. The first-order chi connectivity index (χ1) is 12.1. The van der Waals surface area contributed by atoms with Gasteiger partial charge < -0.3 is 14.6 Å². The summed E-state index contributed by atoms with van der Waals surface area (Å²) in [4.78, 5) is 16.4. The first kappa shape index (κ1) is 16.8. The van der Waals surface area contributed by atoms with Gasteiger partial charge in [0, 0.05) is 5.56 Å². The molecule has 5 heteroatoms. The first-order valence-corrected chi connectivity index (χ1v) is 8.14. The molecule has 0 aliphatic rings. The van der Waals surface area contributed by atoms with Gasteiger partial charge in [0.2, 0.25) is 5.91 Å². The van der Waals surface area contributed by atoms with Crippen LogP contribution in [0.2, 0.25) is 0 Å². The molecule has 0 aliphatic heterocycles. The Morgan fingerprint density at radius 2 is 2.00 bits per heavy atom. The molecule has 1 N–H and O–H groups in total. The number of hydrogen-bond acceptors (Lipinski definition) is 3. The maximum atomic E-state index is 11.7. The van der Waals surface area contributed by atoms with Gasteiger partial charge in [0.1, 0.15) is 11.6 Å². The van der Waals surface area contributed by atoms with Crippen LogP contribution in [0.1, 0.15) is 24.4 Å². The largest absolute Gasteiger partial charge is 0.496 e. The Balaban J connectivity index is 2.07. The van der Waals surface area contributed by atoms with Crippen molar-refractivity contribution >= 4 is 16.9 Å². The molecular weight excluding hydrogens is 314 g/mol. The number of methoxy groups -OCH3 is 1. The SMILES string of the molecule is C=CC(=O)NC(C)c1nc2ccccc2n1Cc1ccccc1OC. The zero-order chi connectivity index (χ0) is 17.8. The van der Waals surface area contributed by atoms with Crippen molar-refractivity contribution in [3.8, 4) is 5.75 Å². The van der Waals surface area contributed by atoms with E-state index < -0.39 is 0 Å². The number of benzene rings is 2. The molecule has 0 aliphatic carbocycles. The molecule has 0 saturated heterocycles. The molecule has 0 fully saturated rings. The van der Waals surface area contributed by atoms with Crippen LogP contribution in [0.4, 0.5) is 0 Å². The maximum absolute atomic E-state index is 11.7. The molecular formula is C20H21N3O2. The van der Waals surface area contributed by atoms with Gasteiger partial charge in [0.15, 0.2) is 0 Å². The van der Waals surface area contributed by atoms with Gasteiger partial charge in [-0.15, -0.1) is 0 Å². The van der Waals surface area contributed by atoms with E-state index >= 15 is 0 Å². The zero-order valence-electron chi connectivity index (χ0n) is 14.4. The molecule has 25 heavy (non-hydrogen) atoms. The number of rotatable bonds is 6. The number of nitrogens with one attached hydrogen (secondary N) is 1. The molecule has 1 aromatic heterocycles. The van der Waals surface area contributed by atoms with Gasteiger partial charge in [-0.05, 0) is 31.2 Å². The third-order valence-corrected chi connectivity index (χ3v) is 4.14. The number of carbonyl (C=O) groups excluding carboxylic acids is 1. The third kappa shape index (κ3) is 3.40. The molecule has 0 radical (unpaired) electrons. The molecule has 3 aromatic rings. The standard InChI is InChI=1S/C20H21N3O2/c1-4-19(24)21-14(2)20-22-16-10-6-7-11-17(16)23(20)13-15-9-5-8-12-18(15)25-3/h4-12,14H,1,13H2,2-3H3,(H,21,24). The van der Waals surface area contributed by atoms with Gasteiger partial charge in [-0.1, -0.05) is 36.9 Å². The van der Waals surface area contributed by atoms with Crippen LogP contribution < -0.4 is 10.1 Å². The maximum Gasteiger partial charge on any atom is 0.243 e. The molecule has 128 valence electrons. The lowest BCUT2D eigenvalue weighted by atomic mass is 10.2. The Kier molecular flexibility index (Phi) is 4.84. The van der Waals surface area contributed by atoms with Crippen molar-refractivity contribution in [1.29, 1.82) is 0 Å². The number of fused-ring (bicyclic) bond motifs is 1. The molecule has 0 saturated carbocycles. The Hall–Kier alpha value is -3.08. The molecule has 1 atom stereocenters. The number of imidazole rings is 1. The fourth-order valence-corrected chi connectivity index (χ4v) is 2.93. The molecule has 2 aromatic carbocycles. The van der Waals surface area contributed by atoms with E-state index in [1.165, 1.54) is 6.08 Å². The van der Waals surface area contributed by atoms with Gasteiger partial charge in [-0.3, -0.25) is 4.79 Å². The number of carbonyl (C=O) groups is 1. The van der Waals surface area contributed by atoms with Crippen molar-refractivity contribution < 1.29 is 9.53 Å². The van der Waals surface area contributed by atoms with Crippen LogP contribution in [0.25, 0.3) is 11.0 Å². The van der Waals surface area contributed by atoms with Crippen LogP contribution >= 0.6 is 0 Å². The average Bonchev–Trinajstić information content (AvgIpc) is 3.01. The van der Waals surface area contributed by atoms with Crippen molar-refractivity contribution in [2.45, 2.75) is 19.5 Å². The van der Waals surface area contributed by atoms with Gasteiger partial charge in [-0.2, -0.15) is 0 Å². The van der Waals surface area contributed by atoms with Gasteiger partial charge in [0.05, 0.1) is 30.7 Å². The minimum Gasteiger partial charge on any atom is -0.496 e. The fourth-order valence-electron chi connectivity index (χ4n) is 2.93. The summed E-state index contributed by atoms with van der Waals surface area (Å²) in [6.07, 6.45) is 1.27. The van der Waals surface area contributed by atoms with E-state index in [0.29, 0.717) is 6.54 Å². The predicted octanol–water partition coefficient (Wildman–Crippen LogP) is 3.46. The predicted molar refractivity (Wildman–Crippen MR) is 98.6 cm³/mol. The smallest absolute Gasteiger partial charge is 0.243 e. The summed E-state index contributed by atoms with van der Waals surface area (Å²) in [5, 5.41) is 2.89. The highest BCUT2D eigenvalue weighted by Gasteiger charge is 2.18. The number of nitrogens with zero attached hydrogens (tertiary/aromatic N) is 2. The minimum absolute atomic E-state index is 0.219. The Bertz CT molecular complexity index is 914. The number of amides is 1. The van der Waals surface area contributed by atoms with Crippen molar-refractivity contribution in [2.24, 2.45) is 0 Å². The summed E-state index contributed by atoms with van der Waals surface area (Å²) in [6.45, 7) is 6.03. The lowest BCUT2D eigenvalue weighted by Crippen LogP contribution is -2.27. The van der Waals surface area contributed by atoms with E-state index in [1.54, 1.807) is 7.11 Å². The normalized spacial score (nSPS) is 11.9. The van der Waals surface area contributed by atoms with E-state index in [1.807, 2.05) is 55.5 Å². The average molecular weight is 335 g/mol. The Morgan fingerprint density at radius 3 is 2.76 bits per heavy atom. The molecule has 5 nitrogen and oxygen atoms in total. The molecule has 1 amide bonds. The lowest BCUT2D eigenvalue weighted by molar-refractivity contribution is -0.117. The molecule has 0 spiro atoms. The van der Waals surface area contributed by atoms with Gasteiger partial charge in [0.25, 0.3) is 0 Å². The lowest BCUT2D eigenvalue weighted by Gasteiger charge is -2.17. The summed E-state index contributed by atoms with van der Waals surface area (Å²) in [7, 11) is 1.67. The quantitative estimate of drug-likeness (QED) is 0.702. The highest BCUT2D eigenvalue weighted by atomic mass is 16.5. The zero-order valence-corrected chi connectivity index (χ0v) is 14.4. The summed E-state index contributed by atoms with van der Waals surface area (Å²) < 4.78 is 7.58. The Morgan fingerprint density at radius 1 is 1.28 bits per heavy atom. The van der Waals surface area contributed by atoms with E-state index in [0.717, 1.165) is 28.2 Å². The summed E-state index contributed by atoms with van der Waals surface area (Å²) in [6, 6.07) is 15.6. The molecule has 0 bridgehead atoms. The van der Waals surface area contributed by atoms with Crippen LogP contribution in [0.15, 0.2) is 61.2 Å². The van der Waals surface area contributed by atoms with Gasteiger partial charge >= 0.3 is 0 Å². The van der Waals surface area contributed by atoms with Gasteiger partial charge in [-0.25, -0.2) is 4.98 Å². The van der Waals surface area contributed by atoms with Crippen molar-refractivity contribution in [3.63, 3.8) is 0 Å². The van der Waals surface area contributed by atoms with Crippen molar-refractivity contribution in [1.82, 2.24) is 14.9 Å². The number of ether oxygens (including phenoxy) is 1. The number of aromatic nitrogens is 2. The summed E-state index contributed by atoms with van der Waals surface area (Å²) >= 11 is 0. The van der Waals surface area contributed by atoms with E-state index in [-0.39, 0.29) is 11.9 Å².